The van der Waals surface area contributed by atoms with Gasteiger partial charge in [0.1, 0.15) is 24.8 Å². The number of aliphatic hydroxyl groups is 3. The number of aromatic nitrogens is 15. The average Bonchev–Trinajstić information content (AvgIpc) is 0.929. The molecule has 0 spiro atoms. The normalized spacial score (nSPS) is 16.1. The minimum Gasteiger partial charge on any atom is -0.392 e. The molecule has 4 fully saturated rings. The van der Waals surface area contributed by atoms with Crippen molar-refractivity contribution in [1.29, 1.82) is 0 Å². The van der Waals surface area contributed by atoms with Crippen LogP contribution in [0.25, 0.3) is 0 Å². The Kier molecular flexibility index (Phi) is 24.4. The molecule has 4 saturated heterocycles. The summed E-state index contributed by atoms with van der Waals surface area (Å²) in [6.07, 6.45) is 19.8. The van der Waals surface area contributed by atoms with Gasteiger partial charge in [-0.25, -0.2) is 59.8 Å². The number of aliphatic hydroxyl groups excluding tert-OH is 3. The van der Waals surface area contributed by atoms with Gasteiger partial charge in [0.2, 0.25) is 47.6 Å². The van der Waals surface area contributed by atoms with Gasteiger partial charge in [0.15, 0.2) is 0 Å². The van der Waals surface area contributed by atoms with E-state index in [1.807, 2.05) is 79.5 Å². The van der Waals surface area contributed by atoms with Crippen LogP contribution in [0.2, 0.25) is 0 Å². The molecule has 6 aliphatic heterocycles. The lowest BCUT2D eigenvalue weighted by atomic mass is 10.0. The summed E-state index contributed by atoms with van der Waals surface area (Å²) in [5, 5.41) is 42.8. The van der Waals surface area contributed by atoms with Crippen LogP contribution in [0.5, 0.6) is 0 Å². The SMILES string of the molecule is OCc1ccccc1Cc1cnc(N2CCN(c3ncnc(Nc4ccc5c(c4)CNCC5)n3)CC2)nc1.OCc1nc(N2CCN(c3ncnc(Nc4ccc5c(c4)CNCC5)n3)CC2)ncc1Cc1ccccc1.O[C@@H]1CCN(c2ccc(Cc3ncnc(N4CCN(c5ncc(Cc6ccccc6)cn5)CC4)n3)cc2)C1. The van der Waals surface area contributed by atoms with Crippen molar-refractivity contribution in [3.63, 3.8) is 0 Å². The number of nitrogens with zero attached hydrogens (tertiary/aromatic N) is 22. The molecule has 6 aromatic heterocycles. The zero-order chi connectivity index (χ0) is 77.2. The van der Waals surface area contributed by atoms with Crippen molar-refractivity contribution in [2.45, 2.75) is 77.4 Å². The van der Waals surface area contributed by atoms with E-state index >= 15 is 0 Å². The van der Waals surface area contributed by atoms with Crippen LogP contribution >= 0.6 is 0 Å². The Labute approximate surface area is 662 Å². The topological polar surface area (TPSA) is 325 Å². The van der Waals surface area contributed by atoms with Crippen molar-refractivity contribution in [3.05, 3.63) is 274 Å². The number of rotatable bonds is 21. The highest BCUT2D eigenvalue weighted by Gasteiger charge is 2.27. The van der Waals surface area contributed by atoms with Gasteiger partial charge in [0, 0.05) is 178 Å². The standard InChI is InChI=1S/C29H32N8O.2C28H31N9O/c38-26-10-11-37(20-26)25-8-6-23(7-9-25)17-27-32-21-33-29(34-27)36-14-12-35(13-15-36)28-30-18-24(19-31-28)16-22-4-2-1-3-5-22;38-18-23-4-2-1-3-22(23)13-20-15-30-27(31-16-20)36-9-11-37(12-10-36)28-33-19-32-26(35-28)34-25-6-5-21-7-8-29-17-24(21)14-25;38-18-25-23(14-20-4-2-1-3-5-20)17-30-27(34-25)36-10-12-37(13-11-36)28-32-19-31-26(35-28)33-24-7-6-21-8-9-29-16-22(21)15-24/h1-9,18-19,21,26,38H,10-17,20H2;1-6,14-16,19,29,38H,7-13,17-18H2,(H,32,33,34,35);1-7,15,17,19,29,38H,8-14,16,18H2,(H,31,32,33,35)/t26-;;/m1../s1. The maximum absolute atomic E-state index is 9.95. The van der Waals surface area contributed by atoms with Gasteiger partial charge in [0.25, 0.3) is 0 Å². The molecule has 582 valence electrons. The van der Waals surface area contributed by atoms with Crippen molar-refractivity contribution in [3.8, 4) is 0 Å². The second-order valence-corrected chi connectivity index (χ2v) is 29.2. The summed E-state index contributed by atoms with van der Waals surface area (Å²) < 4.78 is 0. The summed E-state index contributed by atoms with van der Waals surface area (Å²) in [6, 6.07) is 49.8. The largest absolute Gasteiger partial charge is 0.392 e. The number of benzene rings is 6. The van der Waals surface area contributed by atoms with Crippen LogP contribution in [0.4, 0.5) is 64.6 Å². The van der Waals surface area contributed by atoms with E-state index in [1.165, 1.54) is 33.4 Å². The lowest BCUT2D eigenvalue weighted by Crippen LogP contribution is -2.47. The van der Waals surface area contributed by atoms with Gasteiger partial charge >= 0.3 is 0 Å². The number of anilines is 11. The van der Waals surface area contributed by atoms with Gasteiger partial charge in [-0.3, -0.25) is 0 Å². The number of piperazine rings is 3. The van der Waals surface area contributed by atoms with E-state index in [0.717, 1.165) is 211 Å². The Hall–Kier alpha value is -12.4. The highest BCUT2D eigenvalue weighted by molar-refractivity contribution is 5.59. The monoisotopic (exact) mass is 1530 g/mol. The highest BCUT2D eigenvalue weighted by atomic mass is 16.3. The Bertz CT molecular complexity index is 5110. The van der Waals surface area contributed by atoms with Crippen LogP contribution in [-0.4, -0.2) is 201 Å². The second-order valence-electron chi connectivity index (χ2n) is 29.2. The molecule has 29 nitrogen and oxygen atoms in total. The molecule has 6 aliphatic rings. The molecule has 114 heavy (non-hydrogen) atoms. The number of β-amino-alcohol motifs (C(OH)–C–C–N with tert-alkyl or cyclic N) is 1. The Morgan fingerprint density at radius 1 is 0.351 bits per heavy atom. The van der Waals surface area contributed by atoms with E-state index in [-0.39, 0.29) is 19.3 Å². The molecule has 0 saturated carbocycles. The van der Waals surface area contributed by atoms with Gasteiger partial charge in [0.05, 0.1) is 25.0 Å². The summed E-state index contributed by atoms with van der Waals surface area (Å²) >= 11 is 0. The average molecular weight is 1530 g/mol. The van der Waals surface area contributed by atoms with E-state index in [4.69, 9.17) is 9.97 Å². The number of hydrogen-bond donors (Lipinski definition) is 7. The molecule has 6 aromatic carbocycles. The van der Waals surface area contributed by atoms with E-state index in [9.17, 15) is 15.3 Å². The van der Waals surface area contributed by atoms with Crippen LogP contribution < -0.4 is 55.6 Å². The quantitative estimate of drug-likeness (QED) is 0.0363. The Morgan fingerprint density at radius 2 is 0.789 bits per heavy atom. The lowest BCUT2D eigenvalue weighted by molar-refractivity contribution is 0.198. The van der Waals surface area contributed by atoms with Crippen LogP contribution in [0.15, 0.2) is 196 Å². The number of fused-ring (bicyclic) bond motifs is 2. The van der Waals surface area contributed by atoms with Crippen molar-refractivity contribution >= 4 is 64.6 Å². The third-order valence-corrected chi connectivity index (χ3v) is 21.4. The van der Waals surface area contributed by atoms with Gasteiger partial charge in [-0.1, -0.05) is 109 Å². The number of hydrogen-bond acceptors (Lipinski definition) is 29. The minimum absolute atomic E-state index is 0.0316. The summed E-state index contributed by atoms with van der Waals surface area (Å²) in [6.45, 7) is 14.6. The highest BCUT2D eigenvalue weighted by Crippen LogP contribution is 2.28. The third kappa shape index (κ3) is 19.5. The molecule has 0 unspecified atom stereocenters. The molecule has 1 atom stereocenters. The minimum atomic E-state index is -0.224. The predicted molar refractivity (Wildman–Crippen MR) is 441 cm³/mol. The van der Waals surface area contributed by atoms with E-state index < -0.39 is 0 Å². The fourth-order valence-corrected chi connectivity index (χ4v) is 15.1. The van der Waals surface area contributed by atoms with Crippen molar-refractivity contribution in [2.75, 3.05) is 150 Å². The fraction of sp³-hybridized carbons (Fsp3) is 0.329. The van der Waals surface area contributed by atoms with Crippen molar-refractivity contribution in [2.24, 2.45) is 0 Å². The summed E-state index contributed by atoms with van der Waals surface area (Å²) in [7, 11) is 0. The second kappa shape index (κ2) is 36.8. The lowest BCUT2D eigenvalue weighted by Gasteiger charge is -2.34. The van der Waals surface area contributed by atoms with Crippen molar-refractivity contribution < 1.29 is 15.3 Å². The molecule has 7 N–H and O–H groups in total. The third-order valence-electron chi connectivity index (χ3n) is 21.4. The van der Waals surface area contributed by atoms with Crippen LogP contribution in [-0.2, 0) is 64.8 Å². The summed E-state index contributed by atoms with van der Waals surface area (Å²) in [5.74, 6) is 6.01. The van der Waals surface area contributed by atoms with Crippen LogP contribution in [0, 0.1) is 0 Å². The Balaban J connectivity index is 0.000000129. The van der Waals surface area contributed by atoms with Gasteiger partial charge < -0.3 is 70.9 Å². The fourth-order valence-electron chi connectivity index (χ4n) is 15.1. The van der Waals surface area contributed by atoms with Crippen LogP contribution in [0.3, 0.4) is 0 Å². The van der Waals surface area contributed by atoms with Gasteiger partial charge in [-0.2, -0.15) is 15.0 Å². The Morgan fingerprint density at radius 3 is 1.29 bits per heavy atom. The zero-order valence-corrected chi connectivity index (χ0v) is 63.8. The first-order valence-corrected chi connectivity index (χ1v) is 39.3. The first-order valence-electron chi connectivity index (χ1n) is 39.3. The van der Waals surface area contributed by atoms with E-state index in [0.29, 0.717) is 61.2 Å². The molecule has 0 bridgehead atoms. The molecular formula is C85H94N26O3. The smallest absolute Gasteiger partial charge is 0.231 e. The molecule has 29 heteroatoms. The van der Waals surface area contributed by atoms with Gasteiger partial charge in [-0.05, 0) is 136 Å². The molecule has 0 amide bonds. The molecule has 0 radical (unpaired) electrons. The molecule has 18 rings (SSSR count). The summed E-state index contributed by atoms with van der Waals surface area (Å²) in [4.78, 5) is 83.6. The molecule has 12 heterocycles. The van der Waals surface area contributed by atoms with E-state index in [2.05, 4.69) is 217 Å². The maximum atomic E-state index is 9.95. The summed E-state index contributed by atoms with van der Waals surface area (Å²) in [5.41, 5.74) is 17.9. The maximum Gasteiger partial charge on any atom is 0.231 e. The molecule has 12 aromatic rings. The van der Waals surface area contributed by atoms with Crippen molar-refractivity contribution in [1.82, 2.24) is 85.4 Å². The predicted octanol–water partition coefficient (Wildman–Crippen LogP) is 7.66. The molecule has 0 aliphatic carbocycles. The first kappa shape index (κ1) is 75.6. The first-order chi connectivity index (χ1) is 56.2. The van der Waals surface area contributed by atoms with Crippen LogP contribution in [0.1, 0.15) is 84.7 Å². The zero-order valence-electron chi connectivity index (χ0n) is 63.8. The van der Waals surface area contributed by atoms with Gasteiger partial charge in [-0.15, -0.1) is 0 Å². The van der Waals surface area contributed by atoms with E-state index in [1.54, 1.807) is 19.0 Å². The number of nitrogens with one attached hydrogen (secondary N) is 4. The molecular weight excluding hydrogens is 1430 g/mol.